The molecule has 0 aliphatic rings. The molecule has 7 nitrogen and oxygen atoms in total. The van der Waals surface area contributed by atoms with Crippen molar-refractivity contribution >= 4 is 34.5 Å². The van der Waals surface area contributed by atoms with Gasteiger partial charge < -0.3 is 9.73 Å². The van der Waals surface area contributed by atoms with E-state index in [4.69, 9.17) is 9.68 Å². The van der Waals surface area contributed by atoms with Crippen LogP contribution in [-0.2, 0) is 12.8 Å². The Morgan fingerprint density at radius 2 is 2.06 bits per heavy atom. The summed E-state index contributed by atoms with van der Waals surface area (Å²) in [6, 6.07) is 14.2. The fourth-order valence-corrected chi connectivity index (χ4v) is 3.70. The third kappa shape index (κ3) is 4.57. The zero-order chi connectivity index (χ0) is 22.0. The van der Waals surface area contributed by atoms with Gasteiger partial charge in [0.05, 0.1) is 17.2 Å². The lowest BCUT2D eigenvalue weighted by molar-refractivity contribution is 0.101. The number of thioether (sulfide) groups is 1. The van der Waals surface area contributed by atoms with E-state index in [2.05, 4.69) is 21.5 Å². The Morgan fingerprint density at radius 1 is 1.29 bits per heavy atom. The van der Waals surface area contributed by atoms with Crippen molar-refractivity contribution in [3.05, 3.63) is 71.0 Å². The van der Waals surface area contributed by atoms with Gasteiger partial charge >= 0.3 is 0 Å². The molecule has 4 aromatic rings. The number of aromatic nitrogens is 3. The number of nitrogens with zero attached hydrogens (tertiary/aromatic N) is 4. The van der Waals surface area contributed by atoms with Gasteiger partial charge in [-0.25, -0.2) is 13.8 Å². The van der Waals surface area contributed by atoms with Gasteiger partial charge in [-0.3, -0.25) is 9.48 Å². The molecule has 1 N–H and O–H groups in total. The molecular formula is C21H15F2N5O2S. The van der Waals surface area contributed by atoms with Gasteiger partial charge in [0.25, 0.3) is 17.6 Å². The van der Waals surface area contributed by atoms with Crippen molar-refractivity contribution in [2.45, 2.75) is 17.4 Å². The number of nitriles is 1. The smallest absolute Gasteiger partial charge is 0.282 e. The number of carbonyl (C=O) groups is 1. The van der Waals surface area contributed by atoms with Gasteiger partial charge in [-0.1, -0.05) is 23.9 Å². The van der Waals surface area contributed by atoms with Gasteiger partial charge in [0.2, 0.25) is 0 Å². The molecule has 0 aliphatic carbocycles. The molecule has 2 heterocycles. The van der Waals surface area contributed by atoms with Crippen molar-refractivity contribution in [3.63, 3.8) is 0 Å². The molecule has 31 heavy (non-hydrogen) atoms. The van der Waals surface area contributed by atoms with Crippen LogP contribution in [0.3, 0.4) is 0 Å². The van der Waals surface area contributed by atoms with E-state index in [0.29, 0.717) is 33.3 Å². The average Bonchev–Trinajstić information content (AvgIpc) is 3.35. The predicted molar refractivity (Wildman–Crippen MR) is 111 cm³/mol. The lowest BCUT2D eigenvalue weighted by Gasteiger charge is -2.04. The quantitative estimate of drug-likeness (QED) is 0.429. The van der Waals surface area contributed by atoms with Gasteiger partial charge in [-0.05, 0) is 35.9 Å². The first kappa shape index (κ1) is 20.6. The number of benzene rings is 2. The minimum Gasteiger partial charge on any atom is -0.431 e. The normalized spacial score (nSPS) is 11.1. The van der Waals surface area contributed by atoms with Crippen molar-refractivity contribution < 1.29 is 18.0 Å². The second kappa shape index (κ2) is 8.57. The summed E-state index contributed by atoms with van der Waals surface area (Å²) in [6.45, 7) is 0. The SMILES string of the molecule is Cn1cc(C(=O)Nc2ccc3oc(SCc4ccc(C#N)cc4)nc3c2)c(C(F)F)n1. The summed E-state index contributed by atoms with van der Waals surface area (Å²) in [5.74, 6) is -0.0684. The van der Waals surface area contributed by atoms with Crippen LogP contribution in [0.2, 0.25) is 0 Å². The van der Waals surface area contributed by atoms with Crippen molar-refractivity contribution in [1.29, 1.82) is 5.26 Å². The summed E-state index contributed by atoms with van der Waals surface area (Å²) >= 11 is 1.39. The van der Waals surface area contributed by atoms with E-state index in [0.717, 1.165) is 5.56 Å². The number of fused-ring (bicyclic) bond motifs is 1. The Bertz CT molecular complexity index is 1290. The maximum absolute atomic E-state index is 13.1. The van der Waals surface area contributed by atoms with E-state index in [1.807, 2.05) is 12.1 Å². The van der Waals surface area contributed by atoms with Gasteiger partial charge in [-0.2, -0.15) is 10.4 Å². The van der Waals surface area contributed by atoms with Gasteiger partial charge in [0.1, 0.15) is 11.2 Å². The summed E-state index contributed by atoms with van der Waals surface area (Å²) < 4.78 is 33.1. The molecule has 0 radical (unpaired) electrons. The summed E-state index contributed by atoms with van der Waals surface area (Å²) in [5.41, 5.74) is 2.33. The molecule has 0 bridgehead atoms. The zero-order valence-electron chi connectivity index (χ0n) is 16.2. The number of nitrogens with one attached hydrogen (secondary N) is 1. The van der Waals surface area contributed by atoms with Crippen LogP contribution < -0.4 is 5.32 Å². The Hall–Kier alpha value is -3.71. The third-order valence-electron chi connectivity index (χ3n) is 4.38. The number of oxazole rings is 1. The number of hydrogen-bond donors (Lipinski definition) is 1. The number of anilines is 1. The lowest BCUT2D eigenvalue weighted by Crippen LogP contribution is -2.13. The van der Waals surface area contributed by atoms with Gasteiger partial charge in [-0.15, -0.1) is 0 Å². The topological polar surface area (TPSA) is 96.7 Å². The molecule has 0 aliphatic heterocycles. The predicted octanol–water partition coefficient (Wildman–Crippen LogP) is 4.92. The molecule has 156 valence electrons. The molecule has 1 amide bonds. The number of rotatable bonds is 6. The van der Waals surface area contributed by atoms with Crippen LogP contribution in [-0.4, -0.2) is 20.7 Å². The molecule has 10 heteroatoms. The standard InChI is InChI=1S/C21H15F2N5O2S/c1-28-10-15(18(27-28)19(22)23)20(29)25-14-6-7-17-16(8-14)26-21(30-17)31-11-13-4-2-12(9-24)3-5-13/h2-8,10,19H,11H2,1H3,(H,25,29). The second-order valence-electron chi connectivity index (χ2n) is 6.62. The average molecular weight is 439 g/mol. The van der Waals surface area contributed by atoms with E-state index >= 15 is 0 Å². The van der Waals surface area contributed by atoms with Crippen LogP contribution >= 0.6 is 11.8 Å². The summed E-state index contributed by atoms with van der Waals surface area (Å²) in [5, 5.41) is 15.5. The first-order valence-electron chi connectivity index (χ1n) is 9.08. The fraction of sp³-hybridized carbons (Fsp3) is 0.143. The number of hydrogen-bond acceptors (Lipinski definition) is 6. The van der Waals surface area contributed by atoms with E-state index in [-0.39, 0.29) is 5.56 Å². The highest BCUT2D eigenvalue weighted by molar-refractivity contribution is 7.98. The first-order valence-corrected chi connectivity index (χ1v) is 10.1. The lowest BCUT2D eigenvalue weighted by atomic mass is 10.2. The summed E-state index contributed by atoms with van der Waals surface area (Å²) in [4.78, 5) is 16.8. The molecule has 4 rings (SSSR count). The minimum atomic E-state index is -2.85. The highest BCUT2D eigenvalue weighted by Crippen LogP contribution is 2.28. The molecule has 0 spiro atoms. The second-order valence-corrected chi connectivity index (χ2v) is 7.54. The van der Waals surface area contributed by atoms with Crippen LogP contribution in [0, 0.1) is 11.3 Å². The van der Waals surface area contributed by atoms with E-state index in [1.165, 1.54) is 29.7 Å². The van der Waals surface area contributed by atoms with E-state index in [1.54, 1.807) is 30.3 Å². The highest BCUT2D eigenvalue weighted by Gasteiger charge is 2.23. The number of amides is 1. The van der Waals surface area contributed by atoms with Crippen molar-refractivity contribution in [3.8, 4) is 6.07 Å². The first-order chi connectivity index (χ1) is 14.9. The number of carbonyl (C=O) groups excluding carboxylic acids is 1. The minimum absolute atomic E-state index is 0.184. The van der Waals surface area contributed by atoms with E-state index < -0.39 is 18.0 Å². The van der Waals surface area contributed by atoms with E-state index in [9.17, 15) is 13.6 Å². The monoisotopic (exact) mass is 439 g/mol. The van der Waals surface area contributed by atoms with Crippen molar-refractivity contribution in [2.24, 2.45) is 7.05 Å². The summed E-state index contributed by atoms with van der Waals surface area (Å²) in [7, 11) is 1.47. The van der Waals surface area contributed by atoms with Crippen molar-refractivity contribution in [2.75, 3.05) is 5.32 Å². The highest BCUT2D eigenvalue weighted by atomic mass is 32.2. The van der Waals surface area contributed by atoms with Crippen LogP contribution in [0.15, 0.2) is 58.3 Å². The molecule has 0 atom stereocenters. The van der Waals surface area contributed by atoms with Crippen molar-refractivity contribution in [1.82, 2.24) is 14.8 Å². The molecule has 0 fully saturated rings. The van der Waals surface area contributed by atoms with Crippen LogP contribution in [0.1, 0.15) is 33.6 Å². The number of halogens is 2. The third-order valence-corrected chi connectivity index (χ3v) is 5.28. The van der Waals surface area contributed by atoms with Gasteiger partial charge in [0, 0.05) is 24.7 Å². The Labute approximate surface area is 179 Å². The van der Waals surface area contributed by atoms with Crippen LogP contribution in [0.5, 0.6) is 0 Å². The molecule has 0 unspecified atom stereocenters. The van der Waals surface area contributed by atoms with Crippen LogP contribution in [0.25, 0.3) is 11.1 Å². The molecule has 2 aromatic heterocycles. The molecule has 2 aromatic carbocycles. The number of alkyl halides is 2. The largest absolute Gasteiger partial charge is 0.431 e. The Morgan fingerprint density at radius 3 is 2.77 bits per heavy atom. The maximum atomic E-state index is 13.1. The van der Waals surface area contributed by atoms with Crippen LogP contribution in [0.4, 0.5) is 14.5 Å². The maximum Gasteiger partial charge on any atom is 0.282 e. The fourth-order valence-electron chi connectivity index (χ4n) is 2.91. The zero-order valence-corrected chi connectivity index (χ0v) is 17.0. The Balaban J connectivity index is 1.47. The molecular weight excluding hydrogens is 424 g/mol. The molecule has 0 saturated heterocycles. The van der Waals surface area contributed by atoms with Gasteiger partial charge in [0.15, 0.2) is 5.58 Å². The number of aryl methyl sites for hydroxylation is 1. The molecule has 0 saturated carbocycles. The Kier molecular flexibility index (Phi) is 5.68. The summed E-state index contributed by atoms with van der Waals surface area (Å²) in [6.07, 6.45) is -1.60.